The Morgan fingerprint density at radius 2 is 2.31 bits per heavy atom. The number of ether oxygens (including phenoxy) is 1. The average molecular weight is 217 g/mol. The molecule has 1 aliphatic heterocycles. The van der Waals surface area contributed by atoms with Gasteiger partial charge in [0.05, 0.1) is 11.4 Å². The van der Waals surface area contributed by atoms with E-state index in [4.69, 9.17) is 10.00 Å². The molecule has 82 valence electrons. The van der Waals surface area contributed by atoms with Gasteiger partial charge in [-0.05, 0) is 18.2 Å². The van der Waals surface area contributed by atoms with E-state index < -0.39 is 0 Å². The summed E-state index contributed by atoms with van der Waals surface area (Å²) >= 11 is 0. The van der Waals surface area contributed by atoms with Crippen LogP contribution in [-0.4, -0.2) is 26.6 Å². The number of fused-ring (bicyclic) bond motifs is 1. The number of carbonyl (C=O) groups is 1. The summed E-state index contributed by atoms with van der Waals surface area (Å²) in [6, 6.07) is 5.31. The van der Waals surface area contributed by atoms with Crippen molar-refractivity contribution in [1.82, 2.24) is 0 Å². The number of amides is 1. The molecule has 0 unspecified atom stereocenters. The molecule has 2 rings (SSSR count). The van der Waals surface area contributed by atoms with Crippen LogP contribution >= 0.6 is 0 Å². The molecule has 1 aromatic rings. The lowest BCUT2D eigenvalue weighted by atomic mass is 10.2. The van der Waals surface area contributed by atoms with Gasteiger partial charge in [0.15, 0.2) is 12.8 Å². The predicted octanol–water partition coefficient (Wildman–Crippen LogP) is 0.959. The van der Waals surface area contributed by atoms with E-state index in [1.165, 1.54) is 9.80 Å². The number of nitrogens with zero attached hydrogens (tertiary/aromatic N) is 3. The van der Waals surface area contributed by atoms with Crippen molar-refractivity contribution in [1.29, 1.82) is 5.26 Å². The highest BCUT2D eigenvalue weighted by atomic mass is 16.5. The molecule has 0 aromatic heterocycles. The third kappa shape index (κ3) is 1.54. The van der Waals surface area contributed by atoms with Gasteiger partial charge in [-0.2, -0.15) is 5.26 Å². The van der Waals surface area contributed by atoms with Gasteiger partial charge in [0.25, 0.3) is 5.91 Å². The van der Waals surface area contributed by atoms with E-state index in [2.05, 4.69) is 0 Å². The van der Waals surface area contributed by atoms with Crippen LogP contribution < -0.4 is 14.5 Å². The minimum atomic E-state index is -0.0933. The Bertz CT molecular complexity index is 479. The molecule has 0 radical (unpaired) electrons. The Hall–Kier alpha value is -2.22. The van der Waals surface area contributed by atoms with Crippen LogP contribution in [0.2, 0.25) is 0 Å². The first-order valence-electron chi connectivity index (χ1n) is 4.80. The van der Waals surface area contributed by atoms with Crippen molar-refractivity contribution >= 4 is 17.3 Å². The minimum Gasteiger partial charge on any atom is -0.482 e. The lowest BCUT2D eigenvalue weighted by Gasteiger charge is -2.26. The second kappa shape index (κ2) is 3.74. The van der Waals surface area contributed by atoms with Gasteiger partial charge in [0, 0.05) is 14.1 Å². The second-order valence-electron chi connectivity index (χ2n) is 3.55. The van der Waals surface area contributed by atoms with Crippen molar-refractivity contribution in [2.75, 3.05) is 30.5 Å². The zero-order valence-electron chi connectivity index (χ0n) is 9.10. The summed E-state index contributed by atoms with van der Waals surface area (Å²) in [6.07, 6.45) is 2.00. The first-order valence-corrected chi connectivity index (χ1v) is 4.80. The predicted molar refractivity (Wildman–Crippen MR) is 59.4 cm³/mol. The van der Waals surface area contributed by atoms with Gasteiger partial charge in [0.2, 0.25) is 0 Å². The largest absolute Gasteiger partial charge is 0.482 e. The Labute approximate surface area is 93.4 Å². The second-order valence-corrected chi connectivity index (χ2v) is 3.55. The summed E-state index contributed by atoms with van der Waals surface area (Å²) in [5, 5.41) is 8.77. The molecular weight excluding hydrogens is 206 g/mol. The maximum atomic E-state index is 11.4. The number of hydrogen-bond donors (Lipinski definition) is 0. The molecule has 0 spiro atoms. The highest BCUT2D eigenvalue weighted by Crippen LogP contribution is 2.34. The van der Waals surface area contributed by atoms with Crippen molar-refractivity contribution in [2.24, 2.45) is 0 Å². The molecule has 1 aliphatic rings. The van der Waals surface area contributed by atoms with Gasteiger partial charge >= 0.3 is 0 Å². The van der Waals surface area contributed by atoms with Gasteiger partial charge in [-0.25, -0.2) is 0 Å². The maximum absolute atomic E-state index is 11.4. The molecule has 1 heterocycles. The third-order valence-electron chi connectivity index (χ3n) is 2.57. The minimum absolute atomic E-state index is 0.0664. The summed E-state index contributed by atoms with van der Waals surface area (Å²) in [4.78, 5) is 14.4. The van der Waals surface area contributed by atoms with E-state index >= 15 is 0 Å². The Morgan fingerprint density at radius 1 is 1.56 bits per heavy atom. The number of anilines is 2. The van der Waals surface area contributed by atoms with E-state index in [0.29, 0.717) is 11.4 Å². The highest BCUT2D eigenvalue weighted by molar-refractivity contribution is 5.97. The monoisotopic (exact) mass is 217 g/mol. The molecular formula is C11H11N3O2. The van der Waals surface area contributed by atoms with Gasteiger partial charge in [-0.3, -0.25) is 9.69 Å². The van der Waals surface area contributed by atoms with Crippen LogP contribution in [0.15, 0.2) is 18.2 Å². The fourth-order valence-corrected chi connectivity index (χ4v) is 1.53. The number of nitriles is 1. The molecule has 0 bridgehead atoms. The van der Waals surface area contributed by atoms with Crippen LogP contribution in [0.4, 0.5) is 11.4 Å². The van der Waals surface area contributed by atoms with Crippen LogP contribution in [0, 0.1) is 11.5 Å². The number of likely N-dealkylation sites (N-methyl/N-ethyl adjacent to an activating group) is 1. The molecule has 0 aliphatic carbocycles. The lowest BCUT2D eigenvalue weighted by molar-refractivity contribution is -0.120. The third-order valence-corrected chi connectivity index (χ3v) is 2.57. The van der Waals surface area contributed by atoms with Crippen LogP contribution in [-0.2, 0) is 4.79 Å². The van der Waals surface area contributed by atoms with Gasteiger partial charge in [-0.1, -0.05) is 0 Å². The molecule has 0 saturated carbocycles. The number of carbonyl (C=O) groups excluding carboxylic acids is 1. The molecule has 1 amide bonds. The summed E-state index contributed by atoms with van der Waals surface area (Å²) in [7, 11) is 3.35. The molecule has 16 heavy (non-hydrogen) atoms. The van der Waals surface area contributed by atoms with Crippen molar-refractivity contribution in [3.63, 3.8) is 0 Å². The van der Waals surface area contributed by atoms with E-state index in [0.717, 1.165) is 5.69 Å². The SMILES string of the molecule is CN(C#N)c1ccc2c(c1)N(C)C(=O)CO2. The Balaban J connectivity index is 2.45. The van der Waals surface area contributed by atoms with Crippen LogP contribution in [0.25, 0.3) is 0 Å². The fraction of sp³-hybridized carbons (Fsp3) is 0.273. The zero-order chi connectivity index (χ0) is 11.7. The summed E-state index contributed by atoms with van der Waals surface area (Å²) in [5.41, 5.74) is 1.42. The Morgan fingerprint density at radius 3 is 3.00 bits per heavy atom. The zero-order valence-corrected chi connectivity index (χ0v) is 9.10. The first kappa shape index (κ1) is 10.3. The quantitative estimate of drug-likeness (QED) is 0.519. The molecule has 5 heteroatoms. The van der Waals surface area contributed by atoms with Gasteiger partial charge < -0.3 is 9.64 Å². The standard InChI is InChI=1S/C11H11N3O2/c1-13(7-12)8-3-4-10-9(5-8)14(2)11(15)6-16-10/h3-5H,6H2,1-2H3. The number of hydrogen-bond acceptors (Lipinski definition) is 4. The van der Waals surface area contributed by atoms with Crippen molar-refractivity contribution in [2.45, 2.75) is 0 Å². The number of rotatable bonds is 1. The van der Waals surface area contributed by atoms with E-state index in [9.17, 15) is 4.79 Å². The van der Waals surface area contributed by atoms with Crippen LogP contribution in [0.5, 0.6) is 5.75 Å². The molecule has 1 aromatic carbocycles. The smallest absolute Gasteiger partial charge is 0.264 e. The molecule has 0 fully saturated rings. The normalized spacial score (nSPS) is 13.8. The van der Waals surface area contributed by atoms with E-state index in [1.807, 2.05) is 6.19 Å². The van der Waals surface area contributed by atoms with Crippen molar-refractivity contribution in [3.05, 3.63) is 18.2 Å². The van der Waals surface area contributed by atoms with Crippen molar-refractivity contribution < 1.29 is 9.53 Å². The highest BCUT2D eigenvalue weighted by Gasteiger charge is 2.22. The molecule has 0 saturated heterocycles. The van der Waals surface area contributed by atoms with E-state index in [-0.39, 0.29) is 12.5 Å². The first-order chi connectivity index (χ1) is 7.63. The Kier molecular flexibility index (Phi) is 2.41. The summed E-state index contributed by atoms with van der Waals surface area (Å²) in [5.74, 6) is 0.571. The van der Waals surface area contributed by atoms with Crippen LogP contribution in [0.3, 0.4) is 0 Å². The van der Waals surface area contributed by atoms with Gasteiger partial charge in [-0.15, -0.1) is 0 Å². The van der Waals surface area contributed by atoms with Gasteiger partial charge in [0.1, 0.15) is 5.75 Å². The number of benzene rings is 1. The average Bonchev–Trinajstić information content (AvgIpc) is 2.32. The maximum Gasteiger partial charge on any atom is 0.264 e. The topological polar surface area (TPSA) is 56.6 Å². The summed E-state index contributed by atoms with van der Waals surface area (Å²) in [6.45, 7) is 0.0664. The molecule has 0 atom stereocenters. The van der Waals surface area contributed by atoms with Crippen LogP contribution in [0.1, 0.15) is 0 Å². The van der Waals surface area contributed by atoms with E-state index in [1.54, 1.807) is 32.3 Å². The molecule has 0 N–H and O–H groups in total. The lowest BCUT2D eigenvalue weighted by Crippen LogP contribution is -2.35. The molecule has 5 nitrogen and oxygen atoms in total. The fourth-order valence-electron chi connectivity index (χ4n) is 1.53. The van der Waals surface area contributed by atoms with Crippen molar-refractivity contribution in [3.8, 4) is 11.9 Å². The summed E-state index contributed by atoms with van der Waals surface area (Å²) < 4.78 is 5.28.